The summed E-state index contributed by atoms with van der Waals surface area (Å²) < 4.78 is 35.8. The van der Waals surface area contributed by atoms with Crippen LogP contribution < -0.4 is 10.4 Å². The fourth-order valence-electron chi connectivity index (χ4n) is 6.46. The summed E-state index contributed by atoms with van der Waals surface area (Å²) in [5, 5.41) is 2.40. The lowest BCUT2D eigenvalue weighted by molar-refractivity contribution is 0.0647. The van der Waals surface area contributed by atoms with Crippen LogP contribution in [0.15, 0.2) is 60.7 Å². The smallest absolute Gasteiger partial charge is 0.261 e. The number of hydrogen-bond acceptors (Lipinski definition) is 2. The Labute approximate surface area is 185 Å². The molecule has 2 nitrogen and oxygen atoms in total. The number of alkyl halides is 2. The molecule has 0 N–H and O–H groups in total. The van der Waals surface area contributed by atoms with E-state index in [1.807, 2.05) is 12.1 Å². The van der Waals surface area contributed by atoms with E-state index in [4.69, 9.17) is 4.43 Å². The summed E-state index contributed by atoms with van der Waals surface area (Å²) in [6.45, 7) is 8.81. The Balaban J connectivity index is 1.54. The molecule has 0 aromatic heterocycles. The molecule has 0 bridgehead atoms. The molecule has 31 heavy (non-hydrogen) atoms. The van der Waals surface area contributed by atoms with E-state index in [9.17, 15) is 8.78 Å². The number of hydrogen-bond donors (Lipinski definition) is 0. The largest absolute Gasteiger partial charge is 0.406 e. The molecule has 2 heterocycles. The third-order valence-electron chi connectivity index (χ3n) is 8.09. The normalized spacial score (nSPS) is 30.0. The van der Waals surface area contributed by atoms with E-state index in [2.05, 4.69) is 74.2 Å². The number of halogens is 2. The third kappa shape index (κ3) is 3.15. The van der Waals surface area contributed by atoms with Gasteiger partial charge in [-0.2, -0.15) is 0 Å². The zero-order valence-electron chi connectivity index (χ0n) is 18.8. The quantitative estimate of drug-likeness (QED) is 0.617. The average Bonchev–Trinajstić information content (AvgIpc) is 2.98. The van der Waals surface area contributed by atoms with Crippen LogP contribution in [0.5, 0.6) is 0 Å². The second kappa shape index (κ2) is 6.97. The Kier molecular flexibility index (Phi) is 4.78. The Bertz CT molecular complexity index is 905. The fourth-order valence-corrected chi connectivity index (χ4v) is 11.1. The molecule has 3 aliphatic rings. The number of fused-ring (bicyclic) bond motifs is 1. The number of benzene rings is 2. The van der Waals surface area contributed by atoms with E-state index in [1.165, 1.54) is 10.4 Å². The predicted molar refractivity (Wildman–Crippen MR) is 124 cm³/mol. The molecule has 5 rings (SSSR count). The first-order chi connectivity index (χ1) is 14.6. The Morgan fingerprint density at radius 3 is 1.97 bits per heavy atom. The summed E-state index contributed by atoms with van der Waals surface area (Å²) in [5.74, 6) is -2.50. The van der Waals surface area contributed by atoms with Gasteiger partial charge >= 0.3 is 0 Å². The molecule has 2 atom stereocenters. The maximum atomic E-state index is 14.3. The highest BCUT2D eigenvalue weighted by atomic mass is 28.4. The fraction of sp³-hybridized carbons (Fsp3) is 0.538. The Morgan fingerprint density at radius 1 is 0.935 bits per heavy atom. The van der Waals surface area contributed by atoms with Crippen molar-refractivity contribution in [3.05, 3.63) is 60.7 Å². The standard InChI is InChI=1S/C26H33F2NOSi/c1-23(2,3)31(21-11-6-4-7-12-21,22-13-8-5-9-14-22)30-20-25-15-10-16-29(25)19-24(17-25)18-26(24,27)28/h4-9,11-14H,10,15-20H2,1-3H3/t24-,25-/m1/s1. The van der Waals surface area contributed by atoms with Gasteiger partial charge in [-0.05, 0) is 41.2 Å². The topological polar surface area (TPSA) is 12.5 Å². The van der Waals surface area contributed by atoms with Crippen LogP contribution in [0.25, 0.3) is 0 Å². The van der Waals surface area contributed by atoms with Crippen LogP contribution in [-0.2, 0) is 4.43 Å². The summed E-state index contributed by atoms with van der Waals surface area (Å²) in [7, 11) is -2.66. The van der Waals surface area contributed by atoms with E-state index >= 15 is 0 Å². The molecule has 2 aliphatic heterocycles. The van der Waals surface area contributed by atoms with Crippen molar-refractivity contribution >= 4 is 18.7 Å². The van der Waals surface area contributed by atoms with Crippen LogP contribution in [0.1, 0.15) is 46.5 Å². The molecule has 2 aromatic rings. The monoisotopic (exact) mass is 441 g/mol. The van der Waals surface area contributed by atoms with Gasteiger partial charge in [0.1, 0.15) is 0 Å². The maximum Gasteiger partial charge on any atom is 0.261 e. The molecule has 0 amide bonds. The molecule has 2 saturated heterocycles. The van der Waals surface area contributed by atoms with Gasteiger partial charge in [-0.1, -0.05) is 81.4 Å². The number of nitrogens with zero attached hydrogens (tertiary/aromatic N) is 1. The van der Waals surface area contributed by atoms with Gasteiger partial charge in [-0.15, -0.1) is 0 Å². The van der Waals surface area contributed by atoms with Gasteiger partial charge in [-0.3, -0.25) is 4.90 Å². The predicted octanol–water partition coefficient (Wildman–Crippen LogP) is 4.83. The molecule has 5 heteroatoms. The second-order valence-electron chi connectivity index (χ2n) is 11.0. The van der Waals surface area contributed by atoms with Crippen molar-refractivity contribution in [1.29, 1.82) is 0 Å². The van der Waals surface area contributed by atoms with E-state index in [0.717, 1.165) is 19.4 Å². The Morgan fingerprint density at radius 2 is 1.48 bits per heavy atom. The highest BCUT2D eigenvalue weighted by molar-refractivity contribution is 6.99. The van der Waals surface area contributed by atoms with Gasteiger partial charge < -0.3 is 4.43 Å². The average molecular weight is 442 g/mol. The van der Waals surface area contributed by atoms with Gasteiger partial charge in [0.2, 0.25) is 0 Å². The van der Waals surface area contributed by atoms with Crippen molar-refractivity contribution < 1.29 is 13.2 Å². The summed E-state index contributed by atoms with van der Waals surface area (Å²) in [5.41, 5.74) is -1.05. The summed E-state index contributed by atoms with van der Waals surface area (Å²) in [6.07, 6.45) is 2.66. The molecule has 3 fully saturated rings. The Hall–Kier alpha value is -1.56. The van der Waals surface area contributed by atoms with E-state index in [-0.39, 0.29) is 17.0 Å². The van der Waals surface area contributed by atoms with Gasteiger partial charge in [0, 0.05) is 18.5 Å². The molecule has 0 unspecified atom stereocenters. The minimum Gasteiger partial charge on any atom is -0.406 e. The third-order valence-corrected chi connectivity index (χ3v) is 13.1. The first-order valence-corrected chi connectivity index (χ1v) is 13.4. The van der Waals surface area contributed by atoms with Crippen molar-refractivity contribution in [3.63, 3.8) is 0 Å². The van der Waals surface area contributed by atoms with Gasteiger partial charge in [0.05, 0.1) is 12.0 Å². The molecule has 2 aromatic carbocycles. The van der Waals surface area contributed by atoms with Crippen LogP contribution in [0.4, 0.5) is 8.78 Å². The molecule has 1 spiro atoms. The minimum atomic E-state index is -2.66. The van der Waals surface area contributed by atoms with Gasteiger partial charge in [0.25, 0.3) is 14.2 Å². The SMILES string of the molecule is CC(C)(C)[Si](OC[C@]12CCCN1C[C@]1(CC1(F)F)C2)(c1ccccc1)c1ccccc1. The highest BCUT2D eigenvalue weighted by Gasteiger charge is 2.77. The van der Waals surface area contributed by atoms with E-state index < -0.39 is 19.7 Å². The summed E-state index contributed by atoms with van der Waals surface area (Å²) in [4.78, 5) is 2.34. The zero-order valence-corrected chi connectivity index (χ0v) is 19.8. The molecular weight excluding hydrogens is 408 g/mol. The lowest BCUT2D eigenvalue weighted by atomic mass is 9.89. The second-order valence-corrected chi connectivity index (χ2v) is 15.3. The van der Waals surface area contributed by atoms with Gasteiger partial charge in [0.15, 0.2) is 0 Å². The van der Waals surface area contributed by atoms with Crippen LogP contribution in [-0.4, -0.2) is 44.4 Å². The van der Waals surface area contributed by atoms with Crippen LogP contribution in [0.2, 0.25) is 5.04 Å². The first kappa shape index (κ1) is 21.3. The maximum absolute atomic E-state index is 14.3. The van der Waals surface area contributed by atoms with Crippen molar-refractivity contribution in [2.24, 2.45) is 5.41 Å². The lowest BCUT2D eigenvalue weighted by Gasteiger charge is -2.45. The highest BCUT2D eigenvalue weighted by Crippen LogP contribution is 2.69. The van der Waals surface area contributed by atoms with E-state index in [1.54, 1.807) is 0 Å². The van der Waals surface area contributed by atoms with Crippen LogP contribution >= 0.6 is 0 Å². The van der Waals surface area contributed by atoms with Crippen molar-refractivity contribution in [2.75, 3.05) is 19.7 Å². The molecule has 0 radical (unpaired) electrons. The first-order valence-electron chi connectivity index (χ1n) is 11.5. The van der Waals surface area contributed by atoms with Crippen LogP contribution in [0.3, 0.4) is 0 Å². The van der Waals surface area contributed by atoms with Crippen molar-refractivity contribution in [2.45, 2.75) is 63.0 Å². The molecular formula is C26H33F2NOSi. The zero-order chi connectivity index (χ0) is 22.0. The molecule has 166 valence electrons. The number of rotatable bonds is 5. The van der Waals surface area contributed by atoms with Crippen molar-refractivity contribution in [3.8, 4) is 0 Å². The molecule has 1 saturated carbocycles. The van der Waals surface area contributed by atoms with Crippen molar-refractivity contribution in [1.82, 2.24) is 4.90 Å². The minimum absolute atomic E-state index is 0.0530. The van der Waals surface area contributed by atoms with Crippen LogP contribution in [0, 0.1) is 5.41 Å². The summed E-state index contributed by atoms with van der Waals surface area (Å²) in [6, 6.07) is 21.2. The summed E-state index contributed by atoms with van der Waals surface area (Å²) >= 11 is 0. The van der Waals surface area contributed by atoms with Gasteiger partial charge in [-0.25, -0.2) is 8.78 Å². The molecule has 1 aliphatic carbocycles. The van der Waals surface area contributed by atoms with E-state index in [0.29, 0.717) is 19.6 Å². The lowest BCUT2D eigenvalue weighted by Crippen LogP contribution is -2.68.